The van der Waals surface area contributed by atoms with E-state index >= 15 is 0 Å². The van der Waals surface area contributed by atoms with Crippen molar-refractivity contribution in [1.82, 2.24) is 9.78 Å². The molecule has 0 saturated heterocycles. The van der Waals surface area contributed by atoms with Crippen LogP contribution < -0.4 is 0 Å². The predicted molar refractivity (Wildman–Crippen MR) is 67.9 cm³/mol. The molecule has 0 aliphatic carbocycles. The van der Waals surface area contributed by atoms with E-state index in [1.54, 1.807) is 0 Å². The molecule has 19 heavy (non-hydrogen) atoms. The summed E-state index contributed by atoms with van der Waals surface area (Å²) in [5, 5.41) is 12.9. The maximum Gasteiger partial charge on any atom is 0.280 e. The maximum absolute atomic E-state index is 12.9. The number of aromatic nitrogens is 2. The van der Waals surface area contributed by atoms with Crippen LogP contribution in [0.3, 0.4) is 0 Å². The molecule has 102 valence electrons. The largest absolute Gasteiger partial charge is 0.392 e. The van der Waals surface area contributed by atoms with E-state index in [9.17, 15) is 8.78 Å². The van der Waals surface area contributed by atoms with Crippen molar-refractivity contribution >= 4 is 0 Å². The lowest BCUT2D eigenvalue weighted by atomic mass is 10.1. The molecule has 1 aromatic heterocycles. The van der Waals surface area contributed by atoms with E-state index < -0.39 is 13.0 Å². The van der Waals surface area contributed by atoms with Gasteiger partial charge in [0.1, 0.15) is 5.69 Å². The molecule has 0 radical (unpaired) electrons. The van der Waals surface area contributed by atoms with Crippen LogP contribution in [0.2, 0.25) is 0 Å². The number of benzene rings is 1. The number of aliphatic hydroxyl groups is 1. The fourth-order valence-corrected chi connectivity index (χ4v) is 2.06. The molecule has 0 aliphatic rings. The minimum Gasteiger partial charge on any atom is -0.392 e. The molecule has 2 aromatic rings. The van der Waals surface area contributed by atoms with Crippen molar-refractivity contribution in [3.63, 3.8) is 0 Å². The number of alkyl halides is 2. The summed E-state index contributed by atoms with van der Waals surface area (Å²) in [6.45, 7) is 0.0208. The second-order valence-electron chi connectivity index (χ2n) is 4.33. The Labute approximate surface area is 110 Å². The Morgan fingerprint density at radius 3 is 2.58 bits per heavy atom. The predicted octanol–water partition coefficient (Wildman–Crippen LogP) is 2.95. The minimum absolute atomic E-state index is 0.171. The Bertz CT molecular complexity index is 511. The van der Waals surface area contributed by atoms with Crippen LogP contribution in [0.25, 0.3) is 0 Å². The molecule has 1 N–H and O–H groups in total. The normalized spacial score (nSPS) is 11.2. The third-order valence-corrected chi connectivity index (χ3v) is 3.02. The van der Waals surface area contributed by atoms with Gasteiger partial charge in [0.15, 0.2) is 0 Å². The zero-order valence-electron chi connectivity index (χ0n) is 10.5. The molecule has 0 saturated carbocycles. The van der Waals surface area contributed by atoms with E-state index in [0.29, 0.717) is 6.54 Å². The Morgan fingerprint density at radius 1 is 1.21 bits per heavy atom. The molecule has 1 heterocycles. The number of hydrogen-bond donors (Lipinski definition) is 1. The summed E-state index contributed by atoms with van der Waals surface area (Å²) in [5.74, 6) is 0. The SMILES string of the molecule is OCc1cnn(CCCc2ccccc2)c1C(F)F. The second-order valence-corrected chi connectivity index (χ2v) is 4.33. The van der Waals surface area contributed by atoms with Crippen LogP contribution in [-0.2, 0) is 19.6 Å². The van der Waals surface area contributed by atoms with Gasteiger partial charge in [-0.3, -0.25) is 4.68 Å². The van der Waals surface area contributed by atoms with Crippen LogP contribution >= 0.6 is 0 Å². The molecule has 3 nitrogen and oxygen atoms in total. The first-order valence-corrected chi connectivity index (χ1v) is 6.20. The van der Waals surface area contributed by atoms with Gasteiger partial charge in [0.2, 0.25) is 0 Å². The van der Waals surface area contributed by atoms with Crippen molar-refractivity contribution in [1.29, 1.82) is 0 Å². The summed E-state index contributed by atoms with van der Waals surface area (Å²) in [4.78, 5) is 0. The van der Waals surface area contributed by atoms with E-state index in [1.165, 1.54) is 16.4 Å². The van der Waals surface area contributed by atoms with Gasteiger partial charge in [-0.1, -0.05) is 30.3 Å². The van der Waals surface area contributed by atoms with Crippen LogP contribution in [0, 0.1) is 0 Å². The zero-order chi connectivity index (χ0) is 13.7. The van der Waals surface area contributed by atoms with Crippen LogP contribution in [0.15, 0.2) is 36.5 Å². The maximum atomic E-state index is 12.9. The average Bonchev–Trinajstić information content (AvgIpc) is 2.83. The van der Waals surface area contributed by atoms with Crippen LogP contribution in [-0.4, -0.2) is 14.9 Å². The molecular weight excluding hydrogens is 250 g/mol. The van der Waals surface area contributed by atoms with Gasteiger partial charge in [-0.15, -0.1) is 0 Å². The number of rotatable bonds is 6. The molecule has 0 bridgehead atoms. The van der Waals surface area contributed by atoms with E-state index in [4.69, 9.17) is 5.11 Å². The van der Waals surface area contributed by atoms with Gasteiger partial charge in [-0.05, 0) is 18.4 Å². The van der Waals surface area contributed by atoms with Gasteiger partial charge in [0.05, 0.1) is 12.8 Å². The lowest BCUT2D eigenvalue weighted by Crippen LogP contribution is -2.08. The van der Waals surface area contributed by atoms with Gasteiger partial charge < -0.3 is 5.11 Å². The summed E-state index contributed by atoms with van der Waals surface area (Å²) in [6, 6.07) is 9.88. The average molecular weight is 266 g/mol. The third kappa shape index (κ3) is 3.38. The fraction of sp³-hybridized carbons (Fsp3) is 0.357. The Kier molecular flexibility index (Phi) is 4.63. The molecular formula is C14H16F2N2O. The highest BCUT2D eigenvalue weighted by molar-refractivity contribution is 5.18. The lowest BCUT2D eigenvalue weighted by molar-refractivity contribution is 0.134. The highest BCUT2D eigenvalue weighted by Crippen LogP contribution is 2.23. The van der Waals surface area contributed by atoms with Crippen molar-refractivity contribution in [2.24, 2.45) is 0 Å². The van der Waals surface area contributed by atoms with E-state index in [-0.39, 0.29) is 11.3 Å². The Morgan fingerprint density at radius 2 is 1.95 bits per heavy atom. The second kappa shape index (κ2) is 6.43. The number of aryl methyl sites for hydroxylation is 2. The molecule has 0 fully saturated rings. The van der Waals surface area contributed by atoms with E-state index in [1.807, 2.05) is 30.3 Å². The molecule has 5 heteroatoms. The summed E-state index contributed by atoms with van der Waals surface area (Å²) >= 11 is 0. The van der Waals surface area contributed by atoms with Gasteiger partial charge >= 0.3 is 0 Å². The number of nitrogens with zero attached hydrogens (tertiary/aromatic N) is 2. The molecule has 0 unspecified atom stereocenters. The van der Waals surface area contributed by atoms with Crippen molar-refractivity contribution < 1.29 is 13.9 Å². The van der Waals surface area contributed by atoms with Crippen LogP contribution in [0.5, 0.6) is 0 Å². The Hall–Kier alpha value is -1.75. The Balaban J connectivity index is 1.98. The smallest absolute Gasteiger partial charge is 0.280 e. The van der Waals surface area contributed by atoms with Gasteiger partial charge in [-0.2, -0.15) is 5.10 Å². The standard InChI is InChI=1S/C14H16F2N2O/c15-14(16)13-12(10-19)9-17-18(13)8-4-7-11-5-2-1-3-6-11/h1-3,5-6,9,14,19H,4,7-8,10H2. The summed E-state index contributed by atoms with van der Waals surface area (Å²) < 4.78 is 27.1. The van der Waals surface area contributed by atoms with Crippen LogP contribution in [0.4, 0.5) is 8.78 Å². The fourth-order valence-electron chi connectivity index (χ4n) is 2.06. The van der Waals surface area contributed by atoms with E-state index in [2.05, 4.69) is 5.10 Å². The van der Waals surface area contributed by atoms with Crippen molar-refractivity contribution in [3.05, 3.63) is 53.3 Å². The first kappa shape index (κ1) is 13.7. The zero-order valence-corrected chi connectivity index (χ0v) is 10.5. The molecule has 0 amide bonds. The topological polar surface area (TPSA) is 38.1 Å². The third-order valence-electron chi connectivity index (χ3n) is 3.02. The van der Waals surface area contributed by atoms with Crippen LogP contribution in [0.1, 0.15) is 29.7 Å². The van der Waals surface area contributed by atoms with Gasteiger partial charge in [0, 0.05) is 12.1 Å². The molecule has 0 atom stereocenters. The number of aliphatic hydroxyl groups excluding tert-OH is 1. The summed E-state index contributed by atoms with van der Waals surface area (Å²) in [7, 11) is 0. The molecule has 2 rings (SSSR count). The first-order valence-electron chi connectivity index (χ1n) is 6.20. The first-order chi connectivity index (χ1) is 9.22. The number of halogens is 2. The molecule has 0 spiro atoms. The van der Waals surface area contributed by atoms with Gasteiger partial charge in [0.25, 0.3) is 6.43 Å². The lowest BCUT2D eigenvalue weighted by Gasteiger charge is -2.08. The van der Waals surface area contributed by atoms with Crippen molar-refractivity contribution in [3.8, 4) is 0 Å². The minimum atomic E-state index is -2.61. The highest BCUT2D eigenvalue weighted by atomic mass is 19.3. The summed E-state index contributed by atoms with van der Waals surface area (Å²) in [5.41, 5.74) is 1.21. The molecule has 1 aromatic carbocycles. The molecule has 0 aliphatic heterocycles. The summed E-state index contributed by atoms with van der Waals surface area (Å²) in [6.07, 6.45) is 0.249. The van der Waals surface area contributed by atoms with Gasteiger partial charge in [-0.25, -0.2) is 8.78 Å². The van der Waals surface area contributed by atoms with E-state index in [0.717, 1.165) is 12.8 Å². The van der Waals surface area contributed by atoms with Crippen molar-refractivity contribution in [2.45, 2.75) is 32.4 Å². The number of hydrogen-bond acceptors (Lipinski definition) is 2. The highest BCUT2D eigenvalue weighted by Gasteiger charge is 2.18. The quantitative estimate of drug-likeness (QED) is 0.873. The monoisotopic (exact) mass is 266 g/mol. The van der Waals surface area contributed by atoms with Crippen molar-refractivity contribution in [2.75, 3.05) is 0 Å².